The molecule has 0 amide bonds. The van der Waals surface area contributed by atoms with Crippen LogP contribution in [0.3, 0.4) is 0 Å². The predicted octanol–water partition coefficient (Wildman–Crippen LogP) is 1.11. The van der Waals surface area contributed by atoms with Gasteiger partial charge in [-0.1, -0.05) is 13.8 Å². The predicted molar refractivity (Wildman–Crippen MR) is 79.6 cm³/mol. The van der Waals surface area contributed by atoms with Crippen LogP contribution in [0.25, 0.3) is 0 Å². The van der Waals surface area contributed by atoms with E-state index in [1.165, 1.54) is 10.8 Å². The third-order valence-corrected chi connectivity index (χ3v) is 3.97. The standard InChI is InChI=1S/C15H22N2O5/c1-4-9(2)14(19)21-8-11-5-6-12(22-11)17-7-10(3)13(18)16-15(17)20/h7,9,11-12H,4-6,8H2,1-3H3,(H,16,18,20). The Bertz CT molecular complexity index is 648. The number of hydrogen-bond acceptors (Lipinski definition) is 5. The highest BCUT2D eigenvalue weighted by Gasteiger charge is 2.29. The number of aromatic nitrogens is 2. The number of esters is 1. The number of aryl methyl sites for hydroxylation is 1. The summed E-state index contributed by atoms with van der Waals surface area (Å²) in [5.41, 5.74) is -0.425. The first-order valence-electron chi connectivity index (χ1n) is 7.56. The fourth-order valence-corrected chi connectivity index (χ4v) is 2.30. The van der Waals surface area contributed by atoms with Gasteiger partial charge in [0.05, 0.1) is 12.0 Å². The SMILES string of the molecule is CCC(C)C(=O)OCC1CCC(n2cc(C)c(=O)[nH]c2=O)O1. The van der Waals surface area contributed by atoms with Gasteiger partial charge in [-0.2, -0.15) is 0 Å². The first-order valence-corrected chi connectivity index (χ1v) is 7.56. The van der Waals surface area contributed by atoms with Gasteiger partial charge in [-0.3, -0.25) is 19.1 Å². The van der Waals surface area contributed by atoms with Crippen molar-refractivity contribution in [3.05, 3.63) is 32.6 Å². The normalized spacial score (nSPS) is 22.5. The minimum Gasteiger partial charge on any atom is -0.463 e. The lowest BCUT2D eigenvalue weighted by Gasteiger charge is -2.17. The summed E-state index contributed by atoms with van der Waals surface area (Å²) in [6, 6.07) is 0. The molecular weight excluding hydrogens is 288 g/mol. The first kappa shape index (κ1) is 16.5. The van der Waals surface area contributed by atoms with E-state index in [0.29, 0.717) is 18.4 Å². The molecule has 0 bridgehead atoms. The smallest absolute Gasteiger partial charge is 0.330 e. The van der Waals surface area contributed by atoms with E-state index in [1.54, 1.807) is 6.92 Å². The molecule has 0 saturated carbocycles. The maximum Gasteiger partial charge on any atom is 0.330 e. The van der Waals surface area contributed by atoms with Crippen molar-refractivity contribution in [3.8, 4) is 0 Å². The van der Waals surface area contributed by atoms with E-state index in [4.69, 9.17) is 9.47 Å². The lowest BCUT2D eigenvalue weighted by atomic mass is 10.1. The molecule has 1 aliphatic rings. The summed E-state index contributed by atoms with van der Waals surface area (Å²) in [6.45, 7) is 5.58. The van der Waals surface area contributed by atoms with Crippen LogP contribution in [0.5, 0.6) is 0 Å². The topological polar surface area (TPSA) is 90.4 Å². The van der Waals surface area contributed by atoms with Gasteiger partial charge in [0.1, 0.15) is 12.8 Å². The summed E-state index contributed by atoms with van der Waals surface area (Å²) < 4.78 is 12.4. The lowest BCUT2D eigenvalue weighted by Crippen LogP contribution is -2.33. The number of hydrogen-bond donors (Lipinski definition) is 1. The number of nitrogens with one attached hydrogen (secondary N) is 1. The molecule has 22 heavy (non-hydrogen) atoms. The van der Waals surface area contributed by atoms with E-state index < -0.39 is 17.5 Å². The monoisotopic (exact) mass is 310 g/mol. The van der Waals surface area contributed by atoms with Gasteiger partial charge >= 0.3 is 11.7 Å². The quantitative estimate of drug-likeness (QED) is 0.823. The molecule has 0 spiro atoms. The third kappa shape index (κ3) is 3.65. The molecule has 7 heteroatoms. The molecule has 1 fully saturated rings. The van der Waals surface area contributed by atoms with Crippen LogP contribution in [0.2, 0.25) is 0 Å². The molecule has 3 unspecified atom stereocenters. The first-order chi connectivity index (χ1) is 10.4. The third-order valence-electron chi connectivity index (χ3n) is 3.97. The van der Waals surface area contributed by atoms with Gasteiger partial charge in [0.25, 0.3) is 5.56 Å². The molecule has 1 aromatic rings. The Balaban J connectivity index is 1.96. The van der Waals surface area contributed by atoms with Gasteiger partial charge in [-0.25, -0.2) is 4.79 Å². The fourth-order valence-electron chi connectivity index (χ4n) is 2.30. The number of rotatable bonds is 5. The van der Waals surface area contributed by atoms with Crippen molar-refractivity contribution in [1.29, 1.82) is 0 Å². The molecule has 0 aliphatic carbocycles. The minimum absolute atomic E-state index is 0.123. The van der Waals surface area contributed by atoms with E-state index in [1.807, 2.05) is 13.8 Å². The van der Waals surface area contributed by atoms with Crippen LogP contribution in [0.1, 0.15) is 44.9 Å². The molecule has 1 aliphatic heterocycles. The number of nitrogens with zero attached hydrogens (tertiary/aromatic N) is 1. The van der Waals surface area contributed by atoms with Crippen molar-refractivity contribution in [3.63, 3.8) is 0 Å². The summed E-state index contributed by atoms with van der Waals surface area (Å²) in [4.78, 5) is 37.1. The summed E-state index contributed by atoms with van der Waals surface area (Å²) in [6.07, 6.45) is 2.91. The molecule has 0 radical (unpaired) electrons. The second-order valence-electron chi connectivity index (χ2n) is 5.71. The van der Waals surface area contributed by atoms with E-state index in [9.17, 15) is 14.4 Å². The maximum absolute atomic E-state index is 11.8. The minimum atomic E-state index is -0.488. The molecule has 1 saturated heterocycles. The molecule has 7 nitrogen and oxygen atoms in total. The zero-order valence-electron chi connectivity index (χ0n) is 13.1. The molecule has 1 aromatic heterocycles. The lowest BCUT2D eigenvalue weighted by molar-refractivity contribution is -0.152. The van der Waals surface area contributed by atoms with Crippen molar-refractivity contribution in [2.75, 3.05) is 6.61 Å². The number of ether oxygens (including phenoxy) is 2. The molecule has 2 rings (SSSR count). The number of carbonyl (C=O) groups is 1. The molecule has 0 aromatic carbocycles. The largest absolute Gasteiger partial charge is 0.463 e. The van der Waals surface area contributed by atoms with Crippen molar-refractivity contribution in [2.45, 2.75) is 52.4 Å². The van der Waals surface area contributed by atoms with Crippen LogP contribution in [0.15, 0.2) is 15.8 Å². The second-order valence-corrected chi connectivity index (χ2v) is 5.71. The van der Waals surface area contributed by atoms with Gasteiger partial charge in [0.2, 0.25) is 0 Å². The molecule has 1 N–H and O–H groups in total. The summed E-state index contributed by atoms with van der Waals surface area (Å²) in [5.74, 6) is -0.353. The van der Waals surface area contributed by atoms with E-state index in [-0.39, 0.29) is 24.6 Å². The van der Waals surface area contributed by atoms with E-state index in [2.05, 4.69) is 4.98 Å². The van der Waals surface area contributed by atoms with Crippen molar-refractivity contribution in [1.82, 2.24) is 9.55 Å². The Morgan fingerprint density at radius 2 is 2.23 bits per heavy atom. The van der Waals surface area contributed by atoms with Crippen molar-refractivity contribution >= 4 is 5.97 Å². The average molecular weight is 310 g/mol. The second kappa shape index (κ2) is 6.91. The van der Waals surface area contributed by atoms with Crippen LogP contribution < -0.4 is 11.2 Å². The Morgan fingerprint density at radius 3 is 2.91 bits per heavy atom. The fraction of sp³-hybridized carbons (Fsp3) is 0.667. The molecule has 3 atom stereocenters. The van der Waals surface area contributed by atoms with E-state index >= 15 is 0 Å². The van der Waals surface area contributed by atoms with Crippen molar-refractivity contribution < 1.29 is 14.3 Å². The zero-order chi connectivity index (χ0) is 16.3. The highest BCUT2D eigenvalue weighted by atomic mass is 16.6. The van der Waals surface area contributed by atoms with Crippen LogP contribution >= 0.6 is 0 Å². The van der Waals surface area contributed by atoms with Gasteiger partial charge in [0, 0.05) is 11.8 Å². The van der Waals surface area contributed by atoms with Crippen LogP contribution in [0, 0.1) is 12.8 Å². The number of carbonyl (C=O) groups excluding carboxylic acids is 1. The zero-order valence-corrected chi connectivity index (χ0v) is 13.1. The number of H-pyrrole nitrogens is 1. The van der Waals surface area contributed by atoms with Gasteiger partial charge < -0.3 is 9.47 Å². The average Bonchev–Trinajstić information content (AvgIpc) is 2.96. The maximum atomic E-state index is 11.8. The molecule has 122 valence electrons. The van der Waals surface area contributed by atoms with Crippen molar-refractivity contribution in [2.24, 2.45) is 5.92 Å². The van der Waals surface area contributed by atoms with Gasteiger partial charge in [-0.05, 0) is 26.2 Å². The van der Waals surface area contributed by atoms with E-state index in [0.717, 1.165) is 6.42 Å². The molecular formula is C15H22N2O5. The Kier molecular flexibility index (Phi) is 5.18. The van der Waals surface area contributed by atoms with Crippen LogP contribution in [-0.4, -0.2) is 28.2 Å². The summed E-state index contributed by atoms with van der Waals surface area (Å²) >= 11 is 0. The summed E-state index contributed by atoms with van der Waals surface area (Å²) in [7, 11) is 0. The van der Waals surface area contributed by atoms with Crippen LogP contribution in [0.4, 0.5) is 0 Å². The van der Waals surface area contributed by atoms with Crippen LogP contribution in [-0.2, 0) is 14.3 Å². The highest BCUT2D eigenvalue weighted by Crippen LogP contribution is 2.27. The Hall–Kier alpha value is -1.89. The Morgan fingerprint density at radius 1 is 1.50 bits per heavy atom. The Labute approximate surface area is 128 Å². The van der Waals surface area contributed by atoms with Gasteiger partial charge in [-0.15, -0.1) is 0 Å². The molecule has 2 heterocycles. The summed E-state index contributed by atoms with van der Waals surface area (Å²) in [5, 5.41) is 0. The highest BCUT2D eigenvalue weighted by molar-refractivity contribution is 5.71. The van der Waals surface area contributed by atoms with Gasteiger partial charge in [0.15, 0.2) is 0 Å². The number of aromatic amines is 1.